The van der Waals surface area contributed by atoms with Gasteiger partial charge in [0.2, 0.25) is 5.91 Å². The lowest BCUT2D eigenvalue weighted by molar-refractivity contribution is -0.125. The lowest BCUT2D eigenvalue weighted by Crippen LogP contribution is -2.40. The second-order valence-corrected chi connectivity index (χ2v) is 5.65. The maximum absolute atomic E-state index is 12.4. The van der Waals surface area contributed by atoms with Gasteiger partial charge in [0.1, 0.15) is 0 Å². The Balaban J connectivity index is 1.67. The van der Waals surface area contributed by atoms with E-state index in [9.17, 15) is 4.79 Å². The van der Waals surface area contributed by atoms with Gasteiger partial charge >= 0.3 is 0 Å². The zero-order valence-electron chi connectivity index (χ0n) is 11.2. The summed E-state index contributed by atoms with van der Waals surface area (Å²) in [6.07, 6.45) is 2.51. The quantitative estimate of drug-likeness (QED) is 0.765. The molecule has 1 amide bonds. The minimum atomic E-state index is -0.0383. The Morgan fingerprint density at radius 3 is 2.74 bits per heavy atom. The van der Waals surface area contributed by atoms with Gasteiger partial charge in [-0.05, 0) is 31.2 Å². The molecule has 3 N–H and O–H groups in total. The lowest BCUT2D eigenvalue weighted by atomic mass is 9.94. The van der Waals surface area contributed by atoms with E-state index < -0.39 is 0 Å². The molecule has 2 aliphatic rings. The third kappa shape index (κ3) is 2.80. The molecule has 19 heavy (non-hydrogen) atoms. The van der Waals surface area contributed by atoms with E-state index in [1.54, 1.807) is 0 Å². The molecular formula is C15H21N3O. The fraction of sp³-hybridized carbons (Fsp3) is 0.533. The number of benzene rings is 1. The third-order valence-corrected chi connectivity index (χ3v) is 4.18. The van der Waals surface area contributed by atoms with Crippen LogP contribution in [0, 0.1) is 11.8 Å². The third-order valence-electron chi connectivity index (χ3n) is 4.18. The first-order valence-corrected chi connectivity index (χ1v) is 7.09. The standard InChI is InChI=1S/C15H21N3O/c1-10(11-7-8-11)17-15(19)13-9-16-18-14(13)12-5-3-2-4-6-12/h2-6,10-11,13-14,16,18H,7-9H2,1H3,(H,17,19). The van der Waals surface area contributed by atoms with Crippen LogP contribution in [-0.2, 0) is 4.79 Å². The Labute approximate surface area is 113 Å². The van der Waals surface area contributed by atoms with Gasteiger partial charge in [0.15, 0.2) is 0 Å². The van der Waals surface area contributed by atoms with Gasteiger partial charge in [0, 0.05) is 12.6 Å². The zero-order valence-corrected chi connectivity index (χ0v) is 11.2. The lowest BCUT2D eigenvalue weighted by Gasteiger charge is -2.21. The predicted octanol–water partition coefficient (Wildman–Crippen LogP) is 1.37. The van der Waals surface area contributed by atoms with Crippen LogP contribution in [0.3, 0.4) is 0 Å². The molecular weight excluding hydrogens is 238 g/mol. The molecule has 3 rings (SSSR count). The van der Waals surface area contributed by atoms with Crippen molar-refractivity contribution in [3.63, 3.8) is 0 Å². The SMILES string of the molecule is CC(NC(=O)C1CNNC1c1ccccc1)C1CC1. The molecule has 0 spiro atoms. The van der Waals surface area contributed by atoms with E-state index in [1.807, 2.05) is 18.2 Å². The Morgan fingerprint density at radius 2 is 2.05 bits per heavy atom. The number of nitrogens with one attached hydrogen (secondary N) is 3. The van der Waals surface area contributed by atoms with E-state index in [-0.39, 0.29) is 17.9 Å². The van der Waals surface area contributed by atoms with Crippen molar-refractivity contribution in [1.29, 1.82) is 0 Å². The number of carbonyl (C=O) groups excluding carboxylic acids is 1. The second kappa shape index (κ2) is 5.31. The van der Waals surface area contributed by atoms with Crippen molar-refractivity contribution in [3.8, 4) is 0 Å². The highest BCUT2D eigenvalue weighted by Gasteiger charge is 2.36. The van der Waals surface area contributed by atoms with Crippen LogP contribution >= 0.6 is 0 Å². The summed E-state index contributed by atoms with van der Waals surface area (Å²) in [5.74, 6) is 0.816. The summed E-state index contributed by atoms with van der Waals surface area (Å²) in [7, 11) is 0. The van der Waals surface area contributed by atoms with Crippen LogP contribution in [0.1, 0.15) is 31.4 Å². The number of hydrogen-bond acceptors (Lipinski definition) is 3. The van der Waals surface area contributed by atoms with Crippen LogP contribution in [0.2, 0.25) is 0 Å². The number of rotatable bonds is 4. The number of carbonyl (C=O) groups is 1. The van der Waals surface area contributed by atoms with Crippen molar-refractivity contribution < 1.29 is 4.79 Å². The molecule has 4 nitrogen and oxygen atoms in total. The summed E-state index contributed by atoms with van der Waals surface area (Å²) in [5, 5.41) is 3.16. The minimum absolute atomic E-state index is 0.0383. The first-order valence-electron chi connectivity index (χ1n) is 7.09. The van der Waals surface area contributed by atoms with Crippen LogP contribution in [0.25, 0.3) is 0 Å². The van der Waals surface area contributed by atoms with Gasteiger partial charge in [-0.15, -0.1) is 0 Å². The summed E-state index contributed by atoms with van der Waals surface area (Å²) in [6.45, 7) is 2.80. The molecule has 1 saturated carbocycles. The molecule has 3 unspecified atom stereocenters. The van der Waals surface area contributed by atoms with E-state index >= 15 is 0 Å². The van der Waals surface area contributed by atoms with Crippen LogP contribution in [-0.4, -0.2) is 18.5 Å². The Morgan fingerprint density at radius 1 is 1.32 bits per heavy atom. The maximum Gasteiger partial charge on any atom is 0.226 e. The number of hydrogen-bond donors (Lipinski definition) is 3. The normalized spacial score (nSPS) is 28.1. The minimum Gasteiger partial charge on any atom is -0.353 e. The Bertz CT molecular complexity index is 444. The smallest absolute Gasteiger partial charge is 0.226 e. The fourth-order valence-corrected chi connectivity index (χ4v) is 2.76. The van der Waals surface area contributed by atoms with E-state index in [0.717, 1.165) is 5.56 Å². The van der Waals surface area contributed by atoms with Crippen molar-refractivity contribution in [2.75, 3.05) is 6.54 Å². The molecule has 3 atom stereocenters. The van der Waals surface area contributed by atoms with Gasteiger partial charge in [-0.3, -0.25) is 10.2 Å². The predicted molar refractivity (Wildman–Crippen MR) is 74.1 cm³/mol. The van der Waals surface area contributed by atoms with Crippen molar-refractivity contribution in [2.45, 2.75) is 31.8 Å². The number of hydrazine groups is 1. The van der Waals surface area contributed by atoms with E-state index in [1.165, 1.54) is 12.8 Å². The maximum atomic E-state index is 12.4. The highest BCUT2D eigenvalue weighted by molar-refractivity contribution is 5.80. The summed E-state index contributed by atoms with van der Waals surface area (Å²) in [4.78, 5) is 12.4. The van der Waals surface area contributed by atoms with Gasteiger partial charge in [-0.25, -0.2) is 5.43 Å². The molecule has 0 aromatic heterocycles. The molecule has 1 aliphatic heterocycles. The van der Waals surface area contributed by atoms with Gasteiger partial charge in [0.05, 0.1) is 12.0 Å². The average molecular weight is 259 g/mol. The fourth-order valence-electron chi connectivity index (χ4n) is 2.76. The Hall–Kier alpha value is -1.39. The Kier molecular flexibility index (Phi) is 3.53. The molecule has 4 heteroatoms. The first-order chi connectivity index (χ1) is 9.25. The monoisotopic (exact) mass is 259 g/mol. The molecule has 102 valence electrons. The summed E-state index contributed by atoms with van der Waals surface area (Å²) in [6, 6.07) is 10.5. The topological polar surface area (TPSA) is 53.2 Å². The number of amides is 1. The molecule has 2 fully saturated rings. The highest BCUT2D eigenvalue weighted by Crippen LogP contribution is 2.33. The van der Waals surface area contributed by atoms with Gasteiger partial charge in [0.25, 0.3) is 0 Å². The first kappa shape index (κ1) is 12.6. The molecule has 1 aromatic carbocycles. The highest BCUT2D eigenvalue weighted by atomic mass is 16.2. The summed E-state index contributed by atoms with van der Waals surface area (Å²) >= 11 is 0. The van der Waals surface area contributed by atoms with Crippen molar-refractivity contribution in [1.82, 2.24) is 16.2 Å². The van der Waals surface area contributed by atoms with Gasteiger partial charge < -0.3 is 5.32 Å². The van der Waals surface area contributed by atoms with Crippen LogP contribution in [0.4, 0.5) is 0 Å². The van der Waals surface area contributed by atoms with E-state index in [2.05, 4.69) is 35.2 Å². The summed E-state index contributed by atoms with van der Waals surface area (Å²) < 4.78 is 0. The van der Waals surface area contributed by atoms with Gasteiger partial charge in [-0.1, -0.05) is 30.3 Å². The van der Waals surface area contributed by atoms with Crippen molar-refractivity contribution >= 4 is 5.91 Å². The van der Waals surface area contributed by atoms with Crippen LogP contribution in [0.15, 0.2) is 30.3 Å². The molecule has 1 heterocycles. The molecule has 0 bridgehead atoms. The zero-order chi connectivity index (χ0) is 13.2. The van der Waals surface area contributed by atoms with Crippen LogP contribution < -0.4 is 16.2 Å². The summed E-state index contributed by atoms with van der Waals surface area (Å²) in [5.41, 5.74) is 7.48. The molecule has 0 radical (unpaired) electrons. The van der Waals surface area contributed by atoms with Crippen molar-refractivity contribution in [3.05, 3.63) is 35.9 Å². The van der Waals surface area contributed by atoms with Crippen molar-refractivity contribution in [2.24, 2.45) is 11.8 Å². The largest absolute Gasteiger partial charge is 0.353 e. The second-order valence-electron chi connectivity index (χ2n) is 5.65. The van der Waals surface area contributed by atoms with E-state index in [4.69, 9.17) is 0 Å². The van der Waals surface area contributed by atoms with E-state index in [0.29, 0.717) is 18.5 Å². The van der Waals surface area contributed by atoms with Gasteiger partial charge in [-0.2, -0.15) is 0 Å². The average Bonchev–Trinajstić information content (AvgIpc) is 3.17. The molecule has 1 aromatic rings. The molecule has 1 aliphatic carbocycles. The molecule has 1 saturated heterocycles. The van der Waals surface area contributed by atoms with Crippen LogP contribution in [0.5, 0.6) is 0 Å².